The van der Waals surface area contributed by atoms with E-state index in [0.717, 1.165) is 9.77 Å². The molecular weight excluding hydrogens is 547 g/mol. The number of Topliss-reactive ketones (excluding diaryl/α,β-unsaturated/α-hetero) is 1. The molecule has 0 bridgehead atoms. The van der Waals surface area contributed by atoms with Gasteiger partial charge in [0.2, 0.25) is 0 Å². The Labute approximate surface area is 232 Å². The van der Waals surface area contributed by atoms with E-state index in [2.05, 4.69) is 10.6 Å². The van der Waals surface area contributed by atoms with Crippen LogP contribution in [0.1, 0.15) is 25.6 Å². The fourth-order valence-corrected chi connectivity index (χ4v) is 5.27. The molecule has 4 aromatic rings. The Kier molecular flexibility index (Phi) is 9.19. The Bertz CT molecular complexity index is 1460. The number of rotatable bonds is 9. The molecule has 1 aromatic heterocycles. The predicted molar refractivity (Wildman–Crippen MR) is 153 cm³/mol. The normalized spacial score (nSPS) is 11.1. The van der Waals surface area contributed by atoms with Crippen molar-refractivity contribution in [1.82, 2.24) is 5.32 Å². The Balaban J connectivity index is 1.45. The molecule has 5 nitrogen and oxygen atoms in total. The van der Waals surface area contributed by atoms with Crippen molar-refractivity contribution < 1.29 is 14.4 Å². The van der Waals surface area contributed by atoms with E-state index < -0.39 is 5.91 Å². The van der Waals surface area contributed by atoms with Crippen molar-refractivity contribution >= 4 is 75.7 Å². The molecule has 0 atom stereocenters. The molecule has 3 aromatic carbocycles. The SMILES string of the molecule is O=C(Nc1cccc(SCC(=O)c2ccc(Cl)cc2Cl)c1)/C(=C/c1cccs1)NC(=O)c1ccccc1. The van der Waals surface area contributed by atoms with Gasteiger partial charge in [0, 0.05) is 31.6 Å². The van der Waals surface area contributed by atoms with Gasteiger partial charge in [-0.05, 0) is 66.1 Å². The van der Waals surface area contributed by atoms with Crippen LogP contribution in [0.4, 0.5) is 5.69 Å². The molecule has 0 fully saturated rings. The van der Waals surface area contributed by atoms with Crippen molar-refractivity contribution in [3.05, 3.63) is 122 Å². The first kappa shape index (κ1) is 26.7. The Morgan fingerprint density at radius 3 is 2.43 bits per heavy atom. The third-order valence-electron chi connectivity index (χ3n) is 5.05. The minimum atomic E-state index is -0.469. The molecule has 0 spiro atoms. The summed E-state index contributed by atoms with van der Waals surface area (Å²) in [7, 11) is 0. The molecule has 0 saturated heterocycles. The zero-order chi connectivity index (χ0) is 26.2. The van der Waals surface area contributed by atoms with Gasteiger partial charge in [-0.3, -0.25) is 14.4 Å². The van der Waals surface area contributed by atoms with Crippen LogP contribution in [0, 0.1) is 0 Å². The summed E-state index contributed by atoms with van der Waals surface area (Å²) in [5.41, 5.74) is 1.48. The van der Waals surface area contributed by atoms with Gasteiger partial charge in [-0.25, -0.2) is 0 Å². The van der Waals surface area contributed by atoms with E-state index in [-0.39, 0.29) is 23.1 Å². The third-order valence-corrected chi connectivity index (χ3v) is 7.41. The van der Waals surface area contributed by atoms with Gasteiger partial charge < -0.3 is 10.6 Å². The largest absolute Gasteiger partial charge is 0.321 e. The summed E-state index contributed by atoms with van der Waals surface area (Å²) < 4.78 is 0. The highest BCUT2D eigenvalue weighted by Gasteiger charge is 2.16. The first-order valence-corrected chi connectivity index (χ1v) is 13.7. The second-order valence-corrected chi connectivity index (χ2v) is 10.6. The van der Waals surface area contributed by atoms with Gasteiger partial charge in [0.25, 0.3) is 11.8 Å². The summed E-state index contributed by atoms with van der Waals surface area (Å²) >= 11 is 14.8. The highest BCUT2D eigenvalue weighted by Crippen LogP contribution is 2.26. The lowest BCUT2D eigenvalue weighted by Crippen LogP contribution is -2.30. The number of benzene rings is 3. The minimum Gasteiger partial charge on any atom is -0.321 e. The van der Waals surface area contributed by atoms with Crippen LogP contribution < -0.4 is 10.6 Å². The molecule has 0 unspecified atom stereocenters. The van der Waals surface area contributed by atoms with E-state index in [0.29, 0.717) is 26.9 Å². The molecule has 37 heavy (non-hydrogen) atoms. The number of carbonyl (C=O) groups is 3. The molecule has 0 aliphatic rings. The molecule has 2 amide bonds. The predicted octanol–water partition coefficient (Wildman–Crippen LogP) is 7.44. The van der Waals surface area contributed by atoms with E-state index in [4.69, 9.17) is 23.2 Å². The van der Waals surface area contributed by atoms with E-state index >= 15 is 0 Å². The summed E-state index contributed by atoms with van der Waals surface area (Å²) in [6.45, 7) is 0. The zero-order valence-corrected chi connectivity index (χ0v) is 22.4. The van der Waals surface area contributed by atoms with Crippen LogP contribution in [0.2, 0.25) is 10.0 Å². The number of anilines is 1. The monoisotopic (exact) mass is 566 g/mol. The standard InChI is InChI=1S/C28H20Cl2N2O3S2/c29-19-11-12-23(24(30)14-19)26(33)17-37-21-9-4-8-20(15-21)31-28(35)25(16-22-10-5-13-36-22)32-27(34)18-6-2-1-3-7-18/h1-16H,17H2,(H,31,35)(H,32,34)/b25-16-. The van der Waals surface area contributed by atoms with Crippen LogP contribution in [0.5, 0.6) is 0 Å². The van der Waals surface area contributed by atoms with E-state index in [1.165, 1.54) is 29.2 Å². The highest BCUT2D eigenvalue weighted by molar-refractivity contribution is 8.00. The molecule has 0 radical (unpaired) electrons. The molecule has 2 N–H and O–H groups in total. The molecule has 0 saturated carbocycles. The molecule has 0 aliphatic heterocycles. The van der Waals surface area contributed by atoms with E-state index in [1.807, 2.05) is 29.6 Å². The van der Waals surface area contributed by atoms with Crippen molar-refractivity contribution in [2.45, 2.75) is 4.90 Å². The van der Waals surface area contributed by atoms with Gasteiger partial charge in [-0.1, -0.05) is 53.5 Å². The Hall–Kier alpha value is -3.36. The minimum absolute atomic E-state index is 0.113. The van der Waals surface area contributed by atoms with Gasteiger partial charge in [0.1, 0.15) is 5.70 Å². The zero-order valence-electron chi connectivity index (χ0n) is 19.2. The number of thioether (sulfide) groups is 1. The molecular formula is C28H20Cl2N2O3S2. The third kappa shape index (κ3) is 7.57. The molecule has 0 aliphatic carbocycles. The lowest BCUT2D eigenvalue weighted by molar-refractivity contribution is -0.113. The Morgan fingerprint density at radius 1 is 0.892 bits per heavy atom. The van der Waals surface area contributed by atoms with E-state index in [9.17, 15) is 14.4 Å². The van der Waals surface area contributed by atoms with Crippen LogP contribution in [-0.2, 0) is 4.79 Å². The number of nitrogens with one attached hydrogen (secondary N) is 2. The Morgan fingerprint density at radius 2 is 1.70 bits per heavy atom. The number of amides is 2. The molecule has 186 valence electrons. The average molecular weight is 568 g/mol. The maximum atomic E-state index is 13.2. The van der Waals surface area contributed by atoms with Gasteiger partial charge >= 0.3 is 0 Å². The number of carbonyl (C=O) groups excluding carboxylic acids is 3. The fourth-order valence-electron chi connectivity index (χ4n) is 3.26. The number of ketones is 1. The maximum Gasteiger partial charge on any atom is 0.272 e. The van der Waals surface area contributed by atoms with Crippen LogP contribution >= 0.6 is 46.3 Å². The smallest absolute Gasteiger partial charge is 0.272 e. The van der Waals surface area contributed by atoms with Gasteiger partial charge in [0.15, 0.2) is 5.78 Å². The maximum absolute atomic E-state index is 13.2. The second-order valence-electron chi connectivity index (χ2n) is 7.71. The summed E-state index contributed by atoms with van der Waals surface area (Å²) in [6.07, 6.45) is 1.63. The first-order valence-electron chi connectivity index (χ1n) is 11.0. The number of hydrogen-bond donors (Lipinski definition) is 2. The van der Waals surface area contributed by atoms with Crippen LogP contribution in [0.15, 0.2) is 101 Å². The van der Waals surface area contributed by atoms with Crippen LogP contribution in [-0.4, -0.2) is 23.4 Å². The topological polar surface area (TPSA) is 75.3 Å². The van der Waals surface area contributed by atoms with Crippen LogP contribution in [0.25, 0.3) is 6.08 Å². The quantitative estimate of drug-likeness (QED) is 0.125. The highest BCUT2D eigenvalue weighted by atomic mass is 35.5. The summed E-state index contributed by atoms with van der Waals surface area (Å²) in [5, 5.41) is 8.21. The summed E-state index contributed by atoms with van der Waals surface area (Å²) in [6, 6.07) is 24.3. The second kappa shape index (κ2) is 12.7. The van der Waals surface area contributed by atoms with Crippen molar-refractivity contribution in [2.75, 3.05) is 11.1 Å². The summed E-state index contributed by atoms with van der Waals surface area (Å²) in [4.78, 5) is 40.1. The lowest BCUT2D eigenvalue weighted by Gasteiger charge is -2.12. The fraction of sp³-hybridized carbons (Fsp3) is 0.0357. The number of halogens is 2. The van der Waals surface area contributed by atoms with Crippen LogP contribution in [0.3, 0.4) is 0 Å². The first-order chi connectivity index (χ1) is 17.9. The van der Waals surface area contributed by atoms with Gasteiger partial charge in [-0.15, -0.1) is 23.1 Å². The van der Waals surface area contributed by atoms with E-state index in [1.54, 1.807) is 60.7 Å². The van der Waals surface area contributed by atoms with Crippen molar-refractivity contribution in [2.24, 2.45) is 0 Å². The number of thiophene rings is 1. The molecule has 1 heterocycles. The van der Waals surface area contributed by atoms with Crippen molar-refractivity contribution in [1.29, 1.82) is 0 Å². The van der Waals surface area contributed by atoms with Crippen molar-refractivity contribution in [3.63, 3.8) is 0 Å². The van der Waals surface area contributed by atoms with Gasteiger partial charge in [0.05, 0.1) is 10.8 Å². The van der Waals surface area contributed by atoms with Crippen molar-refractivity contribution in [3.8, 4) is 0 Å². The molecule has 9 heteroatoms. The lowest BCUT2D eigenvalue weighted by atomic mass is 10.1. The summed E-state index contributed by atoms with van der Waals surface area (Å²) in [5.74, 6) is -0.827. The van der Waals surface area contributed by atoms with Gasteiger partial charge in [-0.2, -0.15) is 0 Å². The molecule has 4 rings (SSSR count). The average Bonchev–Trinajstić information content (AvgIpc) is 3.41. The number of hydrogen-bond acceptors (Lipinski definition) is 5.